The summed E-state index contributed by atoms with van der Waals surface area (Å²) in [4.78, 5) is 35.7. The Bertz CT molecular complexity index is 1270. The standard InChI is InChI=1S/C22H20N2O7S/c1-30-22(27)18-8-4-5-9-19(18)24-20(25)14-31-21(26)13-23-32(28,29)17-11-10-15-6-2-3-7-16(15)12-17/h2-12,23H,13-14H2,1H3,(H,24,25). The van der Waals surface area contributed by atoms with Gasteiger partial charge < -0.3 is 14.8 Å². The number of esters is 2. The molecule has 9 nitrogen and oxygen atoms in total. The first-order valence-corrected chi connectivity index (χ1v) is 10.9. The Morgan fingerprint density at radius 1 is 0.906 bits per heavy atom. The number of para-hydroxylation sites is 1. The van der Waals surface area contributed by atoms with Gasteiger partial charge in [-0.2, -0.15) is 4.72 Å². The molecule has 0 saturated heterocycles. The van der Waals surface area contributed by atoms with E-state index in [9.17, 15) is 22.8 Å². The van der Waals surface area contributed by atoms with Gasteiger partial charge in [0.05, 0.1) is 23.3 Å². The Kier molecular flexibility index (Phi) is 7.18. The van der Waals surface area contributed by atoms with E-state index in [4.69, 9.17) is 4.74 Å². The fraction of sp³-hybridized carbons (Fsp3) is 0.136. The number of amides is 1. The van der Waals surface area contributed by atoms with Crippen molar-refractivity contribution in [1.82, 2.24) is 4.72 Å². The van der Waals surface area contributed by atoms with Crippen LogP contribution in [0.4, 0.5) is 5.69 Å². The summed E-state index contributed by atoms with van der Waals surface area (Å²) in [6, 6.07) is 18.0. The fourth-order valence-corrected chi connectivity index (χ4v) is 3.84. The molecule has 0 aliphatic rings. The molecule has 10 heteroatoms. The zero-order chi connectivity index (χ0) is 23.1. The van der Waals surface area contributed by atoms with Crippen LogP contribution in [0.15, 0.2) is 71.6 Å². The number of methoxy groups -OCH3 is 1. The molecule has 3 aromatic rings. The van der Waals surface area contributed by atoms with Gasteiger partial charge >= 0.3 is 11.9 Å². The van der Waals surface area contributed by atoms with Crippen molar-refractivity contribution in [3.63, 3.8) is 0 Å². The molecule has 0 heterocycles. The number of rotatable bonds is 8. The summed E-state index contributed by atoms with van der Waals surface area (Å²) in [5.74, 6) is -2.28. The number of carbonyl (C=O) groups is 3. The highest BCUT2D eigenvalue weighted by Gasteiger charge is 2.18. The minimum atomic E-state index is -3.95. The highest BCUT2D eigenvalue weighted by Crippen LogP contribution is 2.19. The largest absolute Gasteiger partial charge is 0.465 e. The van der Waals surface area contributed by atoms with E-state index in [1.165, 1.54) is 31.4 Å². The molecule has 3 aromatic carbocycles. The molecule has 0 fully saturated rings. The average Bonchev–Trinajstić information content (AvgIpc) is 2.81. The van der Waals surface area contributed by atoms with Crippen LogP contribution in [0.5, 0.6) is 0 Å². The number of fused-ring (bicyclic) bond motifs is 1. The Morgan fingerprint density at radius 2 is 1.59 bits per heavy atom. The van der Waals surface area contributed by atoms with Gasteiger partial charge in [0.2, 0.25) is 10.0 Å². The number of nitrogens with one attached hydrogen (secondary N) is 2. The molecule has 0 saturated carbocycles. The molecule has 3 rings (SSSR count). The van der Waals surface area contributed by atoms with Crippen molar-refractivity contribution in [2.24, 2.45) is 0 Å². The molecular formula is C22H20N2O7S. The molecule has 0 aliphatic heterocycles. The molecule has 1 amide bonds. The molecule has 0 unspecified atom stereocenters. The van der Waals surface area contributed by atoms with E-state index in [1.807, 2.05) is 12.1 Å². The Labute approximate surface area is 184 Å². The minimum absolute atomic E-state index is 0.00107. The van der Waals surface area contributed by atoms with Crippen LogP contribution in [0.25, 0.3) is 10.8 Å². The normalized spacial score (nSPS) is 11.0. The lowest BCUT2D eigenvalue weighted by atomic mass is 10.1. The van der Waals surface area contributed by atoms with Crippen LogP contribution >= 0.6 is 0 Å². The first-order chi connectivity index (χ1) is 15.3. The highest BCUT2D eigenvalue weighted by molar-refractivity contribution is 7.89. The summed E-state index contributed by atoms with van der Waals surface area (Å²) in [6.07, 6.45) is 0. The molecule has 32 heavy (non-hydrogen) atoms. The third-order valence-corrected chi connectivity index (χ3v) is 5.81. The van der Waals surface area contributed by atoms with Gasteiger partial charge in [0.25, 0.3) is 5.91 Å². The quantitative estimate of drug-likeness (QED) is 0.497. The molecule has 0 radical (unpaired) electrons. The summed E-state index contributed by atoms with van der Waals surface area (Å²) >= 11 is 0. The molecule has 166 valence electrons. The number of ether oxygens (including phenoxy) is 2. The number of hydrogen-bond donors (Lipinski definition) is 2. The topological polar surface area (TPSA) is 128 Å². The monoisotopic (exact) mass is 456 g/mol. The second-order valence-corrected chi connectivity index (χ2v) is 8.35. The van der Waals surface area contributed by atoms with Crippen LogP contribution in [0, 0.1) is 0 Å². The second-order valence-electron chi connectivity index (χ2n) is 6.58. The van der Waals surface area contributed by atoms with Gasteiger partial charge in [0.15, 0.2) is 6.61 Å². The number of carbonyl (C=O) groups excluding carboxylic acids is 3. The molecule has 0 aromatic heterocycles. The number of anilines is 1. The smallest absolute Gasteiger partial charge is 0.339 e. The molecule has 0 atom stereocenters. The van der Waals surface area contributed by atoms with Crippen molar-refractivity contribution >= 4 is 44.3 Å². The predicted molar refractivity (Wildman–Crippen MR) is 117 cm³/mol. The summed E-state index contributed by atoms with van der Waals surface area (Å²) in [5.41, 5.74) is 0.329. The summed E-state index contributed by atoms with van der Waals surface area (Å²) in [6.45, 7) is -1.31. The van der Waals surface area contributed by atoms with Crippen molar-refractivity contribution in [2.45, 2.75) is 4.90 Å². The predicted octanol–water partition coefficient (Wildman–Crippen LogP) is 2.09. The zero-order valence-corrected chi connectivity index (χ0v) is 17.8. The zero-order valence-electron chi connectivity index (χ0n) is 17.0. The van der Waals surface area contributed by atoms with Crippen LogP contribution in [-0.2, 0) is 29.1 Å². The SMILES string of the molecule is COC(=O)c1ccccc1NC(=O)COC(=O)CNS(=O)(=O)c1ccc2ccccc2c1. The van der Waals surface area contributed by atoms with Crippen molar-refractivity contribution in [2.75, 3.05) is 25.6 Å². The van der Waals surface area contributed by atoms with Crippen molar-refractivity contribution in [1.29, 1.82) is 0 Å². The lowest BCUT2D eigenvalue weighted by Crippen LogP contribution is -2.32. The maximum atomic E-state index is 12.4. The van der Waals surface area contributed by atoms with Gasteiger partial charge in [-0.15, -0.1) is 0 Å². The maximum absolute atomic E-state index is 12.4. The van der Waals surface area contributed by atoms with Crippen molar-refractivity contribution < 1.29 is 32.3 Å². The van der Waals surface area contributed by atoms with Crippen molar-refractivity contribution in [3.05, 3.63) is 72.3 Å². The van der Waals surface area contributed by atoms with E-state index >= 15 is 0 Å². The van der Waals surface area contributed by atoms with Gasteiger partial charge in [-0.1, -0.05) is 42.5 Å². The average molecular weight is 456 g/mol. The number of sulfonamides is 1. The van der Waals surface area contributed by atoms with Gasteiger partial charge in [-0.3, -0.25) is 9.59 Å². The van der Waals surface area contributed by atoms with Crippen LogP contribution in [0.1, 0.15) is 10.4 Å². The van der Waals surface area contributed by atoms with Crippen LogP contribution in [0.3, 0.4) is 0 Å². The lowest BCUT2D eigenvalue weighted by molar-refractivity contribution is -0.146. The van der Waals surface area contributed by atoms with E-state index in [1.54, 1.807) is 30.3 Å². The Morgan fingerprint density at radius 3 is 2.34 bits per heavy atom. The number of hydrogen-bond acceptors (Lipinski definition) is 7. The van der Waals surface area contributed by atoms with Gasteiger partial charge in [0.1, 0.15) is 6.54 Å². The first-order valence-electron chi connectivity index (χ1n) is 9.41. The second kappa shape index (κ2) is 10.0. The number of benzene rings is 3. The molecular weight excluding hydrogens is 436 g/mol. The lowest BCUT2D eigenvalue weighted by Gasteiger charge is -2.10. The third kappa shape index (κ3) is 5.68. The molecule has 2 N–H and O–H groups in total. The highest BCUT2D eigenvalue weighted by atomic mass is 32.2. The minimum Gasteiger partial charge on any atom is -0.465 e. The van der Waals surface area contributed by atoms with Gasteiger partial charge in [-0.05, 0) is 35.0 Å². The summed E-state index contributed by atoms with van der Waals surface area (Å²) < 4.78 is 36.5. The summed E-state index contributed by atoms with van der Waals surface area (Å²) in [5, 5.41) is 4.06. The van der Waals surface area contributed by atoms with E-state index in [0.717, 1.165) is 10.8 Å². The summed E-state index contributed by atoms with van der Waals surface area (Å²) in [7, 11) is -2.74. The molecule has 0 bridgehead atoms. The third-order valence-electron chi connectivity index (χ3n) is 4.41. The van der Waals surface area contributed by atoms with Crippen LogP contribution < -0.4 is 10.0 Å². The molecule has 0 aliphatic carbocycles. The van der Waals surface area contributed by atoms with Crippen LogP contribution in [-0.4, -0.2) is 46.5 Å². The van der Waals surface area contributed by atoms with Gasteiger partial charge in [-0.25, -0.2) is 13.2 Å². The van der Waals surface area contributed by atoms with E-state index in [0.29, 0.717) is 0 Å². The van der Waals surface area contributed by atoms with E-state index in [2.05, 4.69) is 14.8 Å². The van der Waals surface area contributed by atoms with Gasteiger partial charge in [0, 0.05) is 0 Å². The fourth-order valence-electron chi connectivity index (χ4n) is 2.84. The first kappa shape index (κ1) is 22.9. The Balaban J connectivity index is 1.53. The molecule has 0 spiro atoms. The van der Waals surface area contributed by atoms with E-state index in [-0.39, 0.29) is 16.1 Å². The Hall–Kier alpha value is -3.76. The van der Waals surface area contributed by atoms with Crippen LogP contribution in [0.2, 0.25) is 0 Å². The van der Waals surface area contributed by atoms with E-state index < -0.39 is 41.0 Å². The van der Waals surface area contributed by atoms with Crippen molar-refractivity contribution in [3.8, 4) is 0 Å². The maximum Gasteiger partial charge on any atom is 0.339 e.